The zero-order chi connectivity index (χ0) is 20.2. The Balaban J connectivity index is 2.17. The molecule has 0 unspecified atom stereocenters. The van der Waals surface area contributed by atoms with E-state index in [-0.39, 0.29) is 6.03 Å². The van der Waals surface area contributed by atoms with Crippen molar-refractivity contribution in [3.05, 3.63) is 64.7 Å². The molecule has 0 heterocycles. The smallest absolute Gasteiger partial charge is 0.319 e. The van der Waals surface area contributed by atoms with E-state index in [0.717, 1.165) is 22.4 Å². The molecule has 0 aromatic heterocycles. The monoisotopic (exact) mass is 366 g/mol. The first-order valence-electron chi connectivity index (χ1n) is 8.68. The topological polar surface area (TPSA) is 96.6 Å². The van der Waals surface area contributed by atoms with Crippen molar-refractivity contribution in [2.45, 2.75) is 33.2 Å². The Labute approximate surface area is 159 Å². The van der Waals surface area contributed by atoms with E-state index in [4.69, 9.17) is 5.73 Å². The van der Waals surface area contributed by atoms with Crippen molar-refractivity contribution in [2.24, 2.45) is 10.7 Å². The van der Waals surface area contributed by atoms with Crippen LogP contribution in [0.1, 0.15) is 47.8 Å². The summed E-state index contributed by atoms with van der Waals surface area (Å²) in [5, 5.41) is 5.72. The van der Waals surface area contributed by atoms with Crippen LogP contribution in [0.4, 0.5) is 10.5 Å². The molecule has 27 heavy (non-hydrogen) atoms. The normalized spacial score (nSPS) is 11.8. The quantitative estimate of drug-likeness (QED) is 0.705. The van der Waals surface area contributed by atoms with Crippen LogP contribution in [0.3, 0.4) is 0 Å². The molecule has 2 rings (SSSR count). The highest BCUT2D eigenvalue weighted by Gasteiger charge is 2.23. The van der Waals surface area contributed by atoms with Gasteiger partial charge in [-0.25, -0.2) is 4.79 Å². The molecule has 0 aliphatic carbocycles. The van der Waals surface area contributed by atoms with Crippen LogP contribution in [0, 0.1) is 6.92 Å². The summed E-state index contributed by atoms with van der Waals surface area (Å²) in [5.74, 6) is -0.526. The zero-order valence-corrected chi connectivity index (χ0v) is 16.4. The summed E-state index contributed by atoms with van der Waals surface area (Å²) < 4.78 is 0. The number of hydrogen-bond acceptors (Lipinski definition) is 3. The number of carbonyl (C=O) groups is 2. The highest BCUT2D eigenvalue weighted by atomic mass is 16.2. The van der Waals surface area contributed by atoms with Gasteiger partial charge >= 0.3 is 6.03 Å². The SMILES string of the molecule is CN=C(C)c1cccc(C(C)(C)NC(=O)Nc2ccc(C)c(C(N)=O)c2)c1. The summed E-state index contributed by atoms with van der Waals surface area (Å²) in [6.07, 6.45) is 0. The highest BCUT2D eigenvalue weighted by Crippen LogP contribution is 2.22. The van der Waals surface area contributed by atoms with E-state index in [0.29, 0.717) is 11.3 Å². The molecule has 3 amide bonds. The largest absolute Gasteiger partial charge is 0.366 e. The lowest BCUT2D eigenvalue weighted by atomic mass is 9.92. The lowest BCUT2D eigenvalue weighted by Crippen LogP contribution is -2.43. The summed E-state index contributed by atoms with van der Waals surface area (Å²) in [5.41, 5.74) is 9.30. The number of primary amides is 1. The van der Waals surface area contributed by atoms with Crippen molar-refractivity contribution in [2.75, 3.05) is 12.4 Å². The second kappa shape index (κ2) is 8.03. The molecule has 0 bridgehead atoms. The van der Waals surface area contributed by atoms with Crippen LogP contribution in [0.15, 0.2) is 47.5 Å². The van der Waals surface area contributed by atoms with E-state index in [1.54, 1.807) is 32.2 Å². The Morgan fingerprint density at radius 3 is 2.44 bits per heavy atom. The molecule has 0 atom stereocenters. The summed E-state index contributed by atoms with van der Waals surface area (Å²) in [6, 6.07) is 12.6. The van der Waals surface area contributed by atoms with Crippen molar-refractivity contribution >= 4 is 23.3 Å². The molecule has 6 heteroatoms. The maximum absolute atomic E-state index is 12.5. The van der Waals surface area contributed by atoms with Gasteiger partial charge in [-0.15, -0.1) is 0 Å². The fourth-order valence-electron chi connectivity index (χ4n) is 2.75. The van der Waals surface area contributed by atoms with Gasteiger partial charge in [-0.2, -0.15) is 0 Å². The molecule has 2 aromatic carbocycles. The van der Waals surface area contributed by atoms with Gasteiger partial charge in [0.15, 0.2) is 0 Å². The summed E-state index contributed by atoms with van der Waals surface area (Å²) in [6.45, 7) is 7.59. The van der Waals surface area contributed by atoms with Crippen LogP contribution in [-0.2, 0) is 5.54 Å². The van der Waals surface area contributed by atoms with Crippen LogP contribution in [0.25, 0.3) is 0 Å². The molecule has 0 radical (unpaired) electrons. The second-order valence-electron chi connectivity index (χ2n) is 6.99. The number of nitrogens with one attached hydrogen (secondary N) is 2. The molecule has 2 aromatic rings. The van der Waals surface area contributed by atoms with E-state index in [9.17, 15) is 9.59 Å². The van der Waals surface area contributed by atoms with Crippen LogP contribution in [-0.4, -0.2) is 24.7 Å². The first kappa shape index (κ1) is 20.2. The summed E-state index contributed by atoms with van der Waals surface area (Å²) in [7, 11) is 1.75. The zero-order valence-electron chi connectivity index (χ0n) is 16.4. The number of carbonyl (C=O) groups excluding carboxylic acids is 2. The third kappa shape index (κ3) is 4.94. The van der Waals surface area contributed by atoms with E-state index >= 15 is 0 Å². The number of aliphatic imine (C=N–C) groups is 1. The van der Waals surface area contributed by atoms with Crippen LogP contribution in [0.5, 0.6) is 0 Å². The van der Waals surface area contributed by atoms with E-state index < -0.39 is 11.4 Å². The van der Waals surface area contributed by atoms with Crippen molar-refractivity contribution in [1.82, 2.24) is 5.32 Å². The first-order valence-corrected chi connectivity index (χ1v) is 8.68. The van der Waals surface area contributed by atoms with Gasteiger partial charge in [-0.3, -0.25) is 9.79 Å². The third-order valence-electron chi connectivity index (χ3n) is 4.52. The molecule has 6 nitrogen and oxygen atoms in total. The Morgan fingerprint density at radius 1 is 1.11 bits per heavy atom. The summed E-state index contributed by atoms with van der Waals surface area (Å²) >= 11 is 0. The number of nitrogens with zero attached hydrogens (tertiary/aromatic N) is 1. The Morgan fingerprint density at radius 2 is 1.81 bits per heavy atom. The van der Waals surface area contributed by atoms with Crippen LogP contribution < -0.4 is 16.4 Å². The van der Waals surface area contributed by atoms with Gasteiger partial charge in [0.2, 0.25) is 5.91 Å². The van der Waals surface area contributed by atoms with Gasteiger partial charge in [-0.1, -0.05) is 24.3 Å². The van der Waals surface area contributed by atoms with Gasteiger partial charge in [0.05, 0.1) is 5.54 Å². The van der Waals surface area contributed by atoms with Crippen molar-refractivity contribution in [3.63, 3.8) is 0 Å². The van der Waals surface area contributed by atoms with Crippen LogP contribution >= 0.6 is 0 Å². The average Bonchev–Trinajstić information content (AvgIpc) is 2.62. The summed E-state index contributed by atoms with van der Waals surface area (Å²) in [4.78, 5) is 28.2. The lowest BCUT2D eigenvalue weighted by Gasteiger charge is -2.27. The molecule has 0 fully saturated rings. The fourth-order valence-corrected chi connectivity index (χ4v) is 2.75. The van der Waals surface area contributed by atoms with Gasteiger partial charge in [0.1, 0.15) is 0 Å². The molecular formula is C21H26N4O2. The van der Waals surface area contributed by atoms with Gasteiger partial charge < -0.3 is 16.4 Å². The minimum absolute atomic E-state index is 0.370. The number of urea groups is 1. The van der Waals surface area contributed by atoms with E-state index in [1.165, 1.54) is 0 Å². The fraction of sp³-hybridized carbons (Fsp3) is 0.286. The number of amides is 3. The third-order valence-corrected chi connectivity index (χ3v) is 4.52. The van der Waals surface area contributed by atoms with E-state index in [1.807, 2.05) is 45.0 Å². The average molecular weight is 366 g/mol. The van der Waals surface area contributed by atoms with Crippen molar-refractivity contribution in [3.8, 4) is 0 Å². The van der Waals surface area contributed by atoms with Gasteiger partial charge in [0.25, 0.3) is 0 Å². The standard InChI is InChI=1S/C21H26N4O2/c1-13-9-10-17(12-18(13)19(22)26)24-20(27)25-21(3,4)16-8-6-7-15(11-16)14(2)23-5/h6-12H,1-5H3,(H2,22,26)(H2,24,25,27). The number of hydrogen-bond donors (Lipinski definition) is 3. The minimum atomic E-state index is -0.606. The number of aryl methyl sites for hydroxylation is 1. The molecule has 0 saturated heterocycles. The molecular weight excluding hydrogens is 340 g/mol. The molecule has 4 N–H and O–H groups in total. The molecule has 0 spiro atoms. The van der Waals surface area contributed by atoms with Crippen molar-refractivity contribution in [1.29, 1.82) is 0 Å². The minimum Gasteiger partial charge on any atom is -0.366 e. The number of nitrogens with two attached hydrogens (primary N) is 1. The van der Waals surface area contributed by atoms with E-state index in [2.05, 4.69) is 15.6 Å². The molecule has 0 aliphatic heterocycles. The lowest BCUT2D eigenvalue weighted by molar-refractivity contribution is 0.0999. The molecule has 0 aliphatic rings. The Kier molecular flexibility index (Phi) is 6.00. The predicted octanol–water partition coefficient (Wildman–Crippen LogP) is 3.59. The van der Waals surface area contributed by atoms with Gasteiger partial charge in [0, 0.05) is 24.0 Å². The molecule has 142 valence electrons. The molecule has 0 saturated carbocycles. The number of rotatable bonds is 5. The second-order valence-corrected chi connectivity index (χ2v) is 6.99. The Bertz CT molecular complexity index is 901. The van der Waals surface area contributed by atoms with Crippen molar-refractivity contribution < 1.29 is 9.59 Å². The Hall–Kier alpha value is -3.15. The first-order chi connectivity index (χ1) is 12.6. The number of benzene rings is 2. The highest BCUT2D eigenvalue weighted by molar-refractivity contribution is 5.99. The number of anilines is 1. The predicted molar refractivity (Wildman–Crippen MR) is 109 cm³/mol. The van der Waals surface area contributed by atoms with Gasteiger partial charge in [-0.05, 0) is 62.6 Å². The van der Waals surface area contributed by atoms with Crippen LogP contribution in [0.2, 0.25) is 0 Å². The maximum atomic E-state index is 12.5. The maximum Gasteiger partial charge on any atom is 0.319 e.